The van der Waals surface area contributed by atoms with Gasteiger partial charge < -0.3 is 29.2 Å². The second-order valence-corrected chi connectivity index (χ2v) is 20.4. The predicted octanol–water partition coefficient (Wildman–Crippen LogP) is 4.60. The van der Waals surface area contributed by atoms with E-state index in [0.717, 1.165) is 74.5 Å². The van der Waals surface area contributed by atoms with Crippen molar-refractivity contribution < 1.29 is 33.7 Å². The van der Waals surface area contributed by atoms with Crippen molar-refractivity contribution in [3.05, 3.63) is 69.3 Å². The topological polar surface area (TPSA) is 160 Å². The van der Waals surface area contributed by atoms with Gasteiger partial charge in [-0.25, -0.2) is 10.4 Å². The molecular formula is C49H57N7O7S. The molecule has 7 aliphatic rings. The van der Waals surface area contributed by atoms with Gasteiger partial charge in [0.2, 0.25) is 5.91 Å². The van der Waals surface area contributed by atoms with E-state index in [1.54, 1.807) is 12.1 Å². The first kappa shape index (κ1) is 43.0. The van der Waals surface area contributed by atoms with Crippen molar-refractivity contribution in [1.82, 2.24) is 35.2 Å². The maximum absolute atomic E-state index is 14.5. The molecule has 336 valence electrons. The van der Waals surface area contributed by atoms with Gasteiger partial charge in [-0.1, -0.05) is 44.8 Å². The summed E-state index contributed by atoms with van der Waals surface area (Å²) in [5.74, 6) is 5.58. The highest BCUT2D eigenvalue weighted by Crippen LogP contribution is 2.46. The summed E-state index contributed by atoms with van der Waals surface area (Å²) in [6.45, 7) is 16.4. The van der Waals surface area contributed by atoms with Crippen molar-refractivity contribution in [3.8, 4) is 34.4 Å². The Morgan fingerprint density at radius 2 is 1.97 bits per heavy atom. The van der Waals surface area contributed by atoms with Crippen molar-refractivity contribution in [1.29, 1.82) is 0 Å². The van der Waals surface area contributed by atoms with Crippen LogP contribution in [0.3, 0.4) is 0 Å². The molecule has 5 fully saturated rings. The summed E-state index contributed by atoms with van der Waals surface area (Å²) in [5.41, 5.74) is 11.6. The lowest BCUT2D eigenvalue weighted by molar-refractivity contribution is -0.171. The number of fused-ring (bicyclic) bond motifs is 4. The Labute approximate surface area is 377 Å². The Hall–Kier alpha value is -4.95. The Balaban J connectivity index is 1.11. The molecule has 5 aliphatic heterocycles. The number of hydrogen-bond acceptors (Lipinski definition) is 12. The van der Waals surface area contributed by atoms with E-state index in [1.165, 1.54) is 11.3 Å². The number of ether oxygens (including phenoxy) is 3. The number of rotatable bonds is 6. The number of pyridine rings is 1. The minimum atomic E-state index is -0.912. The quantitative estimate of drug-likeness (QED) is 0.141. The number of carbonyl (C=O) groups excluding carboxylic acids is 3. The lowest BCUT2D eigenvalue weighted by Gasteiger charge is -2.53. The first-order valence-corrected chi connectivity index (χ1v) is 23.5. The van der Waals surface area contributed by atoms with Gasteiger partial charge >= 0.3 is 5.97 Å². The molecule has 3 saturated heterocycles. The first-order chi connectivity index (χ1) is 30.8. The molecule has 2 aliphatic carbocycles. The number of cyclic esters (lactones) is 1. The fourth-order valence-corrected chi connectivity index (χ4v) is 11.2. The zero-order valence-electron chi connectivity index (χ0n) is 37.2. The fourth-order valence-electron chi connectivity index (χ4n) is 10.4. The molecular weight excluding hydrogens is 831 g/mol. The summed E-state index contributed by atoms with van der Waals surface area (Å²) < 4.78 is 20.0. The van der Waals surface area contributed by atoms with Gasteiger partial charge in [0.15, 0.2) is 0 Å². The third-order valence-electron chi connectivity index (χ3n) is 14.3. The number of hydrazine groups is 1. The van der Waals surface area contributed by atoms with E-state index >= 15 is 0 Å². The molecule has 2 saturated carbocycles. The van der Waals surface area contributed by atoms with Crippen molar-refractivity contribution in [2.24, 2.45) is 23.2 Å². The molecule has 0 spiro atoms. The third-order valence-corrected chi connectivity index (χ3v) is 15.1. The van der Waals surface area contributed by atoms with Crippen LogP contribution < -0.4 is 10.7 Å². The number of benzene rings is 1. The zero-order valence-corrected chi connectivity index (χ0v) is 38.1. The molecule has 3 N–H and O–H groups in total. The lowest BCUT2D eigenvalue weighted by Crippen LogP contribution is -2.71. The number of nitrogens with zero attached hydrogens (tertiary/aromatic N) is 5. The van der Waals surface area contributed by atoms with Gasteiger partial charge in [0.25, 0.3) is 5.91 Å². The minimum Gasteiger partial charge on any atom is -0.464 e. The summed E-state index contributed by atoms with van der Waals surface area (Å²) in [6, 6.07) is 4.71. The van der Waals surface area contributed by atoms with Crippen molar-refractivity contribution in [2.75, 3.05) is 46.6 Å². The molecule has 64 heavy (non-hydrogen) atoms. The fraction of sp³-hybridized carbons (Fsp3) is 0.531. The smallest absolute Gasteiger partial charge is 0.325 e. The number of thiazole rings is 1. The number of esters is 1. The van der Waals surface area contributed by atoms with Crippen LogP contribution in [0.15, 0.2) is 41.9 Å². The van der Waals surface area contributed by atoms with E-state index in [1.807, 2.05) is 25.4 Å². The zero-order chi connectivity index (χ0) is 44.6. The summed E-state index contributed by atoms with van der Waals surface area (Å²) in [7, 11) is 1.68. The molecule has 1 aromatic carbocycles. The number of morpholine rings is 1. The van der Waals surface area contributed by atoms with E-state index in [-0.39, 0.29) is 54.7 Å². The van der Waals surface area contributed by atoms with Crippen LogP contribution in [0, 0.1) is 35.0 Å². The van der Waals surface area contributed by atoms with E-state index in [4.69, 9.17) is 24.2 Å². The van der Waals surface area contributed by atoms with Crippen LogP contribution in [0.25, 0.3) is 33.4 Å². The second kappa shape index (κ2) is 16.8. The Kier molecular flexibility index (Phi) is 11.3. The molecule has 11 rings (SSSR count). The molecule has 14 nitrogen and oxygen atoms in total. The van der Waals surface area contributed by atoms with Crippen LogP contribution in [-0.4, -0.2) is 118 Å². The van der Waals surface area contributed by atoms with Gasteiger partial charge in [0.05, 0.1) is 72.1 Å². The maximum atomic E-state index is 14.5. The average Bonchev–Trinajstić information content (AvgIpc) is 3.52. The summed E-state index contributed by atoms with van der Waals surface area (Å²) in [6.07, 6.45) is 3.30. The number of carbonyl (C=O) groups is 3. The van der Waals surface area contributed by atoms with Crippen molar-refractivity contribution in [2.45, 2.75) is 96.7 Å². The largest absolute Gasteiger partial charge is 0.464 e. The number of amides is 2. The molecule has 8 heterocycles. The number of aliphatic hydroxyl groups excluding tert-OH is 1. The predicted molar refractivity (Wildman–Crippen MR) is 242 cm³/mol. The van der Waals surface area contributed by atoms with Crippen LogP contribution in [0.1, 0.15) is 74.0 Å². The normalized spacial score (nSPS) is 28.1. The number of aromatic nitrogens is 3. The molecule has 15 heteroatoms. The maximum Gasteiger partial charge on any atom is 0.325 e. The van der Waals surface area contributed by atoms with E-state index < -0.39 is 29.6 Å². The number of aliphatic hydroxyl groups is 1. The van der Waals surface area contributed by atoms with Gasteiger partial charge in [0.1, 0.15) is 12.1 Å². The van der Waals surface area contributed by atoms with E-state index in [2.05, 4.69) is 70.7 Å². The van der Waals surface area contributed by atoms with Gasteiger partial charge in [-0.05, 0) is 67.3 Å². The van der Waals surface area contributed by atoms with Crippen molar-refractivity contribution >= 4 is 40.0 Å². The van der Waals surface area contributed by atoms with E-state index in [9.17, 15) is 19.5 Å². The average molecular weight is 888 g/mol. The second-order valence-electron chi connectivity index (χ2n) is 19.4. The monoisotopic (exact) mass is 887 g/mol. The Morgan fingerprint density at radius 3 is 2.72 bits per heavy atom. The highest BCUT2D eigenvalue weighted by atomic mass is 32.1. The summed E-state index contributed by atoms with van der Waals surface area (Å²) in [5, 5.41) is 20.0. The van der Waals surface area contributed by atoms with E-state index in [0.29, 0.717) is 57.0 Å². The van der Waals surface area contributed by atoms with Gasteiger partial charge in [-0.15, -0.1) is 11.3 Å². The minimum absolute atomic E-state index is 0.0351. The third kappa shape index (κ3) is 7.96. The molecule has 2 amide bonds. The number of hydrogen-bond donors (Lipinski definition) is 3. The molecule has 3 aromatic heterocycles. The Morgan fingerprint density at radius 1 is 1.19 bits per heavy atom. The lowest BCUT2D eigenvalue weighted by atomic mass is 9.73. The van der Waals surface area contributed by atoms with Crippen molar-refractivity contribution in [3.63, 3.8) is 0 Å². The summed E-state index contributed by atoms with van der Waals surface area (Å²) in [4.78, 5) is 54.6. The molecule has 1 unspecified atom stereocenters. The molecule has 4 aromatic rings. The SMILES string of the molecule is C=C1[C@@H](C(=O)N[C@H]2Cc3nc(cs3)-c3cc4c5c(c3)c(c(-c3cc(C#CCN6CCOCC6)cnc3[C@H](C)OC)n5CC(O)C4)CC(C)(C)COC(=O)[C@H]3NN(C2=O)C2CC3C2)[C@@H]1C. The number of nitrogens with one attached hydrogen (secondary N) is 2. The van der Waals surface area contributed by atoms with Crippen LogP contribution in [0.2, 0.25) is 0 Å². The summed E-state index contributed by atoms with van der Waals surface area (Å²) >= 11 is 1.45. The number of methoxy groups -OCH3 is 1. The van der Waals surface area contributed by atoms with Crippen LogP contribution in [0.4, 0.5) is 0 Å². The first-order valence-electron chi connectivity index (χ1n) is 22.6. The highest BCUT2D eigenvalue weighted by molar-refractivity contribution is 7.10. The van der Waals surface area contributed by atoms with Crippen LogP contribution in [-0.2, 0) is 54.4 Å². The van der Waals surface area contributed by atoms with Crippen LogP contribution in [0.5, 0.6) is 0 Å². The van der Waals surface area contributed by atoms with Gasteiger partial charge in [0, 0.05) is 84.7 Å². The Bertz CT molecular complexity index is 2610. The molecule has 6 atom stereocenters. The van der Waals surface area contributed by atoms with Crippen LogP contribution >= 0.6 is 11.3 Å². The van der Waals surface area contributed by atoms with Gasteiger partial charge in [-0.3, -0.25) is 29.3 Å². The molecule has 8 bridgehead atoms. The van der Waals surface area contributed by atoms with Gasteiger partial charge in [-0.2, -0.15) is 0 Å². The highest BCUT2D eigenvalue weighted by Gasteiger charge is 2.52. The molecule has 0 radical (unpaired) electrons. The standard InChI is InChI=1S/C49H57N7O7S/c1-26-27(2)41(26)46(58)52-38-20-40-51-39(24-64-40)30-15-32-18-34(57)23-55-44(32)35(19-30)37(21-49(4,5)25-63-48(60)43-31-16-33(17-31)56(53-43)47(38)59)45(55)36-14-29(22-50-42(36)28(3)61-6)8-7-9-54-10-12-62-13-11-54/h14-15,19,22,24,27-28,31,33-34,38,41,43,53,57H,1,9-13,16-18,20-21,23,25H2,2-6H3,(H,52,58)/t27-,28+,31?,33?,34?,38+,41-,43+/m1/s1.